The molecule has 3 unspecified atom stereocenters. The van der Waals surface area contributed by atoms with Crippen LogP contribution in [-0.2, 0) is 19.1 Å². The summed E-state index contributed by atoms with van der Waals surface area (Å²) in [5.41, 5.74) is 0. The Morgan fingerprint density at radius 2 is 2.00 bits per heavy atom. The minimum atomic E-state index is -1.01. The van der Waals surface area contributed by atoms with Gasteiger partial charge in [0.15, 0.2) is 0 Å². The van der Waals surface area contributed by atoms with Gasteiger partial charge in [-0.2, -0.15) is 0 Å². The van der Waals surface area contributed by atoms with Crippen molar-refractivity contribution < 1.29 is 24.2 Å². The van der Waals surface area contributed by atoms with Gasteiger partial charge in [0.25, 0.3) is 0 Å². The molecule has 1 fully saturated rings. The van der Waals surface area contributed by atoms with Crippen LogP contribution in [0.2, 0.25) is 0 Å². The third-order valence-corrected chi connectivity index (χ3v) is 4.18. The van der Waals surface area contributed by atoms with Gasteiger partial charge < -0.3 is 19.9 Å². The Morgan fingerprint density at radius 1 is 1.27 bits per heavy atom. The number of carbonyl (C=O) groups excluding carboxylic acids is 1. The molecule has 2 N–H and O–H groups in total. The Balaban J connectivity index is 2.22. The molecule has 1 amide bonds. The van der Waals surface area contributed by atoms with Crippen molar-refractivity contribution in [1.82, 2.24) is 5.32 Å². The molecule has 0 radical (unpaired) electrons. The number of carboxylic acids is 1. The predicted molar refractivity (Wildman–Crippen MR) is 82.5 cm³/mol. The average molecular weight is 315 g/mol. The van der Waals surface area contributed by atoms with E-state index in [1.54, 1.807) is 0 Å². The first-order valence-electron chi connectivity index (χ1n) is 8.08. The number of amides is 1. The molecule has 128 valence electrons. The van der Waals surface area contributed by atoms with Gasteiger partial charge in [0.05, 0.1) is 12.7 Å². The van der Waals surface area contributed by atoms with Gasteiger partial charge in [-0.1, -0.05) is 27.2 Å². The summed E-state index contributed by atoms with van der Waals surface area (Å²) < 4.78 is 10.7. The van der Waals surface area contributed by atoms with Crippen molar-refractivity contribution in [1.29, 1.82) is 0 Å². The zero-order valence-corrected chi connectivity index (χ0v) is 13.8. The maximum atomic E-state index is 11.7. The number of nitrogens with one attached hydrogen (secondary N) is 1. The summed E-state index contributed by atoms with van der Waals surface area (Å²) in [6.45, 7) is 6.83. The van der Waals surface area contributed by atoms with Crippen molar-refractivity contribution >= 4 is 11.9 Å². The second kappa shape index (κ2) is 9.79. The standard InChI is InChI=1S/C16H29NO5/c1-11(2)13-5-4-12(3)8-14(13)22-9-15(18)17-6-7-21-10-16(19)20/h11-14H,4-10H2,1-3H3,(H,17,18)(H,19,20). The Kier molecular flexibility index (Phi) is 8.42. The molecule has 0 spiro atoms. The van der Waals surface area contributed by atoms with Crippen molar-refractivity contribution in [3.8, 4) is 0 Å². The lowest BCUT2D eigenvalue weighted by Crippen LogP contribution is -2.38. The molecule has 0 aromatic heterocycles. The fourth-order valence-electron chi connectivity index (χ4n) is 2.96. The van der Waals surface area contributed by atoms with E-state index < -0.39 is 5.97 Å². The third-order valence-electron chi connectivity index (χ3n) is 4.18. The number of carbonyl (C=O) groups is 2. The van der Waals surface area contributed by atoms with Crippen LogP contribution in [0.3, 0.4) is 0 Å². The van der Waals surface area contributed by atoms with Crippen LogP contribution >= 0.6 is 0 Å². The van der Waals surface area contributed by atoms with E-state index in [1.165, 1.54) is 6.42 Å². The molecule has 1 aliphatic rings. The highest BCUT2D eigenvalue weighted by atomic mass is 16.5. The molecule has 22 heavy (non-hydrogen) atoms. The molecule has 0 heterocycles. The number of ether oxygens (including phenoxy) is 2. The molecule has 6 heteroatoms. The molecule has 1 aliphatic carbocycles. The van der Waals surface area contributed by atoms with Crippen molar-refractivity contribution in [3.05, 3.63) is 0 Å². The van der Waals surface area contributed by atoms with Gasteiger partial charge in [-0.3, -0.25) is 4.79 Å². The van der Waals surface area contributed by atoms with Gasteiger partial charge in [-0.15, -0.1) is 0 Å². The van der Waals surface area contributed by atoms with Gasteiger partial charge in [-0.25, -0.2) is 4.79 Å². The van der Waals surface area contributed by atoms with E-state index in [0.29, 0.717) is 24.3 Å². The monoisotopic (exact) mass is 315 g/mol. The van der Waals surface area contributed by atoms with Gasteiger partial charge >= 0.3 is 5.97 Å². The van der Waals surface area contributed by atoms with Crippen LogP contribution in [0.5, 0.6) is 0 Å². The van der Waals surface area contributed by atoms with Crippen LogP contribution in [0.1, 0.15) is 40.0 Å². The fourth-order valence-corrected chi connectivity index (χ4v) is 2.96. The van der Waals surface area contributed by atoms with E-state index in [0.717, 1.165) is 12.8 Å². The second-order valence-electron chi connectivity index (χ2n) is 6.47. The predicted octanol–water partition coefficient (Wildman–Crippen LogP) is 1.68. The third kappa shape index (κ3) is 7.22. The Hall–Kier alpha value is -1.14. The molecular formula is C16H29NO5. The highest BCUT2D eigenvalue weighted by molar-refractivity contribution is 5.77. The SMILES string of the molecule is CC1CCC(C(C)C)C(OCC(=O)NCCOCC(=O)O)C1. The van der Waals surface area contributed by atoms with E-state index in [1.807, 2.05) is 0 Å². The molecule has 0 aromatic rings. The lowest BCUT2D eigenvalue weighted by Gasteiger charge is -2.37. The van der Waals surface area contributed by atoms with Crippen LogP contribution in [0, 0.1) is 17.8 Å². The highest BCUT2D eigenvalue weighted by Gasteiger charge is 2.31. The van der Waals surface area contributed by atoms with Crippen molar-refractivity contribution in [2.45, 2.75) is 46.1 Å². The summed E-state index contributed by atoms with van der Waals surface area (Å²) in [4.78, 5) is 22.0. The molecule has 1 rings (SSSR count). The molecule has 3 atom stereocenters. The minimum Gasteiger partial charge on any atom is -0.480 e. The number of rotatable bonds is 9. The quantitative estimate of drug-likeness (QED) is 0.632. The van der Waals surface area contributed by atoms with Crippen molar-refractivity contribution in [2.24, 2.45) is 17.8 Å². The first-order chi connectivity index (χ1) is 10.4. The summed E-state index contributed by atoms with van der Waals surface area (Å²) in [5.74, 6) is 0.529. The molecule has 0 bridgehead atoms. The zero-order chi connectivity index (χ0) is 16.5. The molecule has 0 aliphatic heterocycles. The largest absolute Gasteiger partial charge is 0.480 e. The zero-order valence-electron chi connectivity index (χ0n) is 13.8. The average Bonchev–Trinajstić information content (AvgIpc) is 2.44. The summed E-state index contributed by atoms with van der Waals surface area (Å²) in [6.07, 6.45) is 3.56. The Labute approximate surface area is 132 Å². The van der Waals surface area contributed by atoms with Gasteiger partial charge in [-0.05, 0) is 30.6 Å². The molecule has 0 saturated heterocycles. The van der Waals surface area contributed by atoms with E-state index in [2.05, 4.69) is 26.1 Å². The number of hydrogen-bond acceptors (Lipinski definition) is 4. The Bertz CT molecular complexity index is 358. The molecule has 0 aromatic carbocycles. The lowest BCUT2D eigenvalue weighted by atomic mass is 9.75. The minimum absolute atomic E-state index is 0.0551. The van der Waals surface area contributed by atoms with E-state index in [4.69, 9.17) is 14.6 Å². The number of carboxylic acid groups (broad SMARTS) is 1. The highest BCUT2D eigenvalue weighted by Crippen LogP contribution is 2.35. The fraction of sp³-hybridized carbons (Fsp3) is 0.875. The van der Waals surface area contributed by atoms with Gasteiger partial charge in [0.1, 0.15) is 13.2 Å². The second-order valence-corrected chi connectivity index (χ2v) is 6.47. The van der Waals surface area contributed by atoms with E-state index in [9.17, 15) is 9.59 Å². The summed E-state index contributed by atoms with van der Waals surface area (Å²) in [6, 6.07) is 0. The summed E-state index contributed by atoms with van der Waals surface area (Å²) >= 11 is 0. The van der Waals surface area contributed by atoms with E-state index in [-0.39, 0.29) is 31.8 Å². The maximum absolute atomic E-state index is 11.7. The molecular weight excluding hydrogens is 286 g/mol. The van der Waals surface area contributed by atoms with Gasteiger partial charge in [0.2, 0.25) is 5.91 Å². The number of aliphatic carboxylic acids is 1. The van der Waals surface area contributed by atoms with Crippen LogP contribution < -0.4 is 5.32 Å². The van der Waals surface area contributed by atoms with Crippen LogP contribution in [0.15, 0.2) is 0 Å². The maximum Gasteiger partial charge on any atom is 0.329 e. The summed E-state index contributed by atoms with van der Waals surface area (Å²) in [7, 11) is 0. The smallest absolute Gasteiger partial charge is 0.329 e. The molecule has 6 nitrogen and oxygen atoms in total. The van der Waals surface area contributed by atoms with Gasteiger partial charge in [0, 0.05) is 6.54 Å². The molecule has 1 saturated carbocycles. The topological polar surface area (TPSA) is 84.9 Å². The van der Waals surface area contributed by atoms with Crippen molar-refractivity contribution in [3.63, 3.8) is 0 Å². The first kappa shape index (κ1) is 18.9. The Morgan fingerprint density at radius 3 is 2.64 bits per heavy atom. The van der Waals surface area contributed by atoms with Crippen LogP contribution in [0.25, 0.3) is 0 Å². The summed E-state index contributed by atoms with van der Waals surface area (Å²) in [5, 5.41) is 11.1. The lowest BCUT2D eigenvalue weighted by molar-refractivity contribution is -0.142. The first-order valence-corrected chi connectivity index (χ1v) is 8.08. The number of hydrogen-bond donors (Lipinski definition) is 2. The van der Waals surface area contributed by atoms with Crippen LogP contribution in [-0.4, -0.2) is 49.5 Å². The van der Waals surface area contributed by atoms with Crippen LogP contribution in [0.4, 0.5) is 0 Å². The van der Waals surface area contributed by atoms with E-state index >= 15 is 0 Å². The van der Waals surface area contributed by atoms with Crippen molar-refractivity contribution in [2.75, 3.05) is 26.4 Å². The normalized spacial score (nSPS) is 25.2.